The van der Waals surface area contributed by atoms with Gasteiger partial charge in [-0.25, -0.2) is 4.98 Å². The van der Waals surface area contributed by atoms with E-state index in [9.17, 15) is 0 Å². The average Bonchev–Trinajstić information content (AvgIpc) is 2.63. The Labute approximate surface area is 95.4 Å². The average molecular weight is 226 g/mol. The van der Waals surface area contributed by atoms with Gasteiger partial charge in [-0.05, 0) is 38.6 Å². The summed E-state index contributed by atoms with van der Waals surface area (Å²) in [7, 11) is 2.17. The lowest BCUT2D eigenvalue weighted by Crippen LogP contribution is -2.31. The van der Waals surface area contributed by atoms with Crippen LogP contribution in [0.3, 0.4) is 0 Å². The van der Waals surface area contributed by atoms with E-state index in [-0.39, 0.29) is 0 Å². The first-order chi connectivity index (χ1) is 7.27. The molecule has 3 nitrogen and oxygen atoms in total. The van der Waals surface area contributed by atoms with Crippen LogP contribution < -0.4 is 5.32 Å². The highest BCUT2D eigenvalue weighted by atomic mass is 35.5. The van der Waals surface area contributed by atoms with E-state index in [1.54, 1.807) is 6.20 Å². The molecule has 15 heavy (non-hydrogen) atoms. The summed E-state index contributed by atoms with van der Waals surface area (Å²) in [6.07, 6.45) is 4.30. The van der Waals surface area contributed by atoms with E-state index in [1.807, 2.05) is 12.1 Å². The van der Waals surface area contributed by atoms with Gasteiger partial charge in [0.1, 0.15) is 5.82 Å². The van der Waals surface area contributed by atoms with Gasteiger partial charge in [0.2, 0.25) is 0 Å². The highest BCUT2D eigenvalue weighted by Gasteiger charge is 2.20. The zero-order valence-corrected chi connectivity index (χ0v) is 9.67. The van der Waals surface area contributed by atoms with Crippen LogP contribution in [0.2, 0.25) is 5.02 Å². The van der Waals surface area contributed by atoms with Crippen molar-refractivity contribution in [1.82, 2.24) is 9.88 Å². The normalized spacial score (nSPS) is 21.9. The minimum Gasteiger partial charge on any atom is -0.367 e. The summed E-state index contributed by atoms with van der Waals surface area (Å²) in [5, 5.41) is 3.99. The second kappa shape index (κ2) is 4.81. The second-order valence-corrected chi connectivity index (χ2v) is 4.40. The van der Waals surface area contributed by atoms with E-state index in [0.717, 1.165) is 12.4 Å². The zero-order valence-electron chi connectivity index (χ0n) is 8.91. The number of nitrogens with zero attached hydrogens (tertiary/aromatic N) is 2. The van der Waals surface area contributed by atoms with Crippen LogP contribution in [0.5, 0.6) is 0 Å². The van der Waals surface area contributed by atoms with Gasteiger partial charge in [-0.1, -0.05) is 11.6 Å². The Morgan fingerprint density at radius 1 is 1.67 bits per heavy atom. The first kappa shape index (κ1) is 10.7. The quantitative estimate of drug-likeness (QED) is 0.855. The first-order valence-electron chi connectivity index (χ1n) is 5.32. The fraction of sp³-hybridized carbons (Fsp3) is 0.545. The predicted octanol–water partition coefficient (Wildman–Crippen LogP) is 2.24. The Morgan fingerprint density at radius 2 is 2.53 bits per heavy atom. The van der Waals surface area contributed by atoms with Crippen molar-refractivity contribution in [3.8, 4) is 0 Å². The third-order valence-corrected chi connectivity index (χ3v) is 3.24. The van der Waals surface area contributed by atoms with Gasteiger partial charge in [-0.2, -0.15) is 0 Å². The van der Waals surface area contributed by atoms with E-state index < -0.39 is 0 Å². The molecule has 1 N–H and O–H groups in total. The Hall–Kier alpha value is -0.800. The van der Waals surface area contributed by atoms with Gasteiger partial charge >= 0.3 is 0 Å². The fourth-order valence-corrected chi connectivity index (χ4v) is 2.16. The van der Waals surface area contributed by atoms with Crippen molar-refractivity contribution in [2.45, 2.75) is 18.9 Å². The predicted molar refractivity (Wildman–Crippen MR) is 63.4 cm³/mol. The van der Waals surface area contributed by atoms with Gasteiger partial charge in [0, 0.05) is 18.8 Å². The number of hydrogen-bond acceptors (Lipinski definition) is 3. The first-order valence-corrected chi connectivity index (χ1v) is 5.70. The highest BCUT2D eigenvalue weighted by molar-refractivity contribution is 6.32. The molecular weight excluding hydrogens is 210 g/mol. The molecule has 0 aliphatic carbocycles. The third kappa shape index (κ3) is 2.61. The van der Waals surface area contributed by atoms with Crippen LogP contribution >= 0.6 is 11.6 Å². The molecule has 1 saturated heterocycles. The van der Waals surface area contributed by atoms with Crippen molar-refractivity contribution in [2.24, 2.45) is 0 Å². The maximum atomic E-state index is 6.01. The van der Waals surface area contributed by atoms with Crippen molar-refractivity contribution >= 4 is 17.4 Å². The number of rotatable bonds is 3. The monoisotopic (exact) mass is 225 g/mol. The molecule has 0 saturated carbocycles. The molecule has 0 amide bonds. The smallest absolute Gasteiger partial charge is 0.144 e. The lowest BCUT2D eigenvalue weighted by molar-refractivity contribution is 0.322. The van der Waals surface area contributed by atoms with Gasteiger partial charge in [-0.15, -0.1) is 0 Å². The van der Waals surface area contributed by atoms with Crippen molar-refractivity contribution in [3.63, 3.8) is 0 Å². The van der Waals surface area contributed by atoms with Crippen LogP contribution in [0.15, 0.2) is 18.3 Å². The lowest BCUT2D eigenvalue weighted by atomic mass is 10.2. The van der Waals surface area contributed by atoms with E-state index in [1.165, 1.54) is 19.4 Å². The molecule has 0 aromatic carbocycles. The molecule has 1 atom stereocenters. The topological polar surface area (TPSA) is 28.2 Å². The Kier molecular flexibility index (Phi) is 3.44. The van der Waals surface area contributed by atoms with Gasteiger partial charge in [0.15, 0.2) is 0 Å². The second-order valence-electron chi connectivity index (χ2n) is 3.99. The van der Waals surface area contributed by atoms with Crippen LogP contribution in [0.4, 0.5) is 5.82 Å². The van der Waals surface area contributed by atoms with Crippen LogP contribution in [-0.2, 0) is 0 Å². The molecule has 1 aliphatic rings. The molecule has 0 bridgehead atoms. The van der Waals surface area contributed by atoms with E-state index in [0.29, 0.717) is 11.1 Å². The molecular formula is C11H16ClN3. The number of likely N-dealkylation sites (N-methyl/N-ethyl adjacent to an activating group) is 1. The Morgan fingerprint density at radius 3 is 3.20 bits per heavy atom. The molecule has 0 spiro atoms. The number of halogens is 1. The maximum absolute atomic E-state index is 6.01. The minimum absolute atomic E-state index is 0.614. The number of pyridine rings is 1. The lowest BCUT2D eigenvalue weighted by Gasteiger charge is -2.20. The van der Waals surface area contributed by atoms with Crippen LogP contribution in [0, 0.1) is 0 Å². The maximum Gasteiger partial charge on any atom is 0.144 e. The number of anilines is 1. The molecule has 0 radical (unpaired) electrons. The third-order valence-electron chi connectivity index (χ3n) is 2.94. The summed E-state index contributed by atoms with van der Waals surface area (Å²) in [5.74, 6) is 0.791. The molecule has 2 heterocycles. The molecule has 82 valence electrons. The summed E-state index contributed by atoms with van der Waals surface area (Å²) in [4.78, 5) is 6.58. The molecule has 1 aromatic heterocycles. The molecule has 1 aliphatic heterocycles. The van der Waals surface area contributed by atoms with E-state index >= 15 is 0 Å². The number of aromatic nitrogens is 1. The standard InChI is InChI=1S/C11H16ClN3/c1-15-7-3-4-9(15)8-14-11-10(12)5-2-6-13-11/h2,5-6,9H,3-4,7-8H2,1H3,(H,13,14). The number of likely N-dealkylation sites (tertiary alicyclic amines) is 1. The van der Waals surface area contributed by atoms with Crippen LogP contribution in [0.1, 0.15) is 12.8 Å². The van der Waals surface area contributed by atoms with Gasteiger partial charge in [-0.3, -0.25) is 0 Å². The summed E-state index contributed by atoms with van der Waals surface area (Å²) in [6, 6.07) is 4.31. The van der Waals surface area contributed by atoms with E-state index in [4.69, 9.17) is 11.6 Å². The largest absolute Gasteiger partial charge is 0.367 e. The Bertz CT molecular complexity index is 329. The summed E-state index contributed by atoms with van der Waals surface area (Å²) in [6.45, 7) is 2.12. The van der Waals surface area contributed by atoms with E-state index in [2.05, 4.69) is 22.2 Å². The fourth-order valence-electron chi connectivity index (χ4n) is 1.97. The van der Waals surface area contributed by atoms with Gasteiger partial charge in [0.05, 0.1) is 5.02 Å². The van der Waals surface area contributed by atoms with Gasteiger partial charge < -0.3 is 10.2 Å². The molecule has 1 fully saturated rings. The SMILES string of the molecule is CN1CCCC1CNc1ncccc1Cl. The van der Waals surface area contributed by atoms with Crippen molar-refractivity contribution in [1.29, 1.82) is 0 Å². The molecule has 4 heteroatoms. The van der Waals surface area contributed by atoms with Crippen molar-refractivity contribution < 1.29 is 0 Å². The number of hydrogen-bond donors (Lipinski definition) is 1. The summed E-state index contributed by atoms with van der Waals surface area (Å²) < 4.78 is 0. The molecule has 1 aromatic rings. The van der Waals surface area contributed by atoms with Crippen LogP contribution in [-0.4, -0.2) is 36.1 Å². The van der Waals surface area contributed by atoms with Crippen molar-refractivity contribution in [2.75, 3.05) is 25.5 Å². The molecule has 1 unspecified atom stereocenters. The highest BCUT2D eigenvalue weighted by Crippen LogP contribution is 2.19. The zero-order chi connectivity index (χ0) is 10.7. The van der Waals surface area contributed by atoms with Gasteiger partial charge in [0.25, 0.3) is 0 Å². The summed E-state index contributed by atoms with van der Waals surface area (Å²) in [5.41, 5.74) is 0. The van der Waals surface area contributed by atoms with Crippen LogP contribution in [0.25, 0.3) is 0 Å². The minimum atomic E-state index is 0.614. The van der Waals surface area contributed by atoms with Crippen molar-refractivity contribution in [3.05, 3.63) is 23.4 Å². The Balaban J connectivity index is 1.90. The number of nitrogens with one attached hydrogen (secondary N) is 1. The summed E-state index contributed by atoms with van der Waals surface area (Å²) >= 11 is 6.01. The molecule has 2 rings (SSSR count).